The van der Waals surface area contributed by atoms with Gasteiger partial charge in [0.15, 0.2) is 0 Å². The number of thiazole rings is 1. The highest BCUT2D eigenvalue weighted by atomic mass is 32.1. The Morgan fingerprint density at radius 2 is 2.17 bits per heavy atom. The summed E-state index contributed by atoms with van der Waals surface area (Å²) in [6.07, 6.45) is 1.92. The highest BCUT2D eigenvalue weighted by molar-refractivity contribution is 7.09. The monoisotopic (exact) mass is 336 g/mol. The van der Waals surface area contributed by atoms with Crippen LogP contribution in [0.1, 0.15) is 23.5 Å². The van der Waals surface area contributed by atoms with E-state index in [-0.39, 0.29) is 30.3 Å². The predicted octanol–water partition coefficient (Wildman–Crippen LogP) is 0.963. The molecule has 126 valence electrons. The molecule has 0 aromatic carbocycles. The van der Waals surface area contributed by atoms with Gasteiger partial charge in [0.25, 0.3) is 0 Å². The molecule has 2 bridgehead atoms. The van der Waals surface area contributed by atoms with Crippen LogP contribution in [0.5, 0.6) is 0 Å². The summed E-state index contributed by atoms with van der Waals surface area (Å²) < 4.78 is 0. The Balaban J connectivity index is 1.71. The summed E-state index contributed by atoms with van der Waals surface area (Å²) >= 11 is 1.66. The van der Waals surface area contributed by atoms with E-state index in [0.717, 1.165) is 43.2 Å². The van der Waals surface area contributed by atoms with Crippen molar-refractivity contribution in [3.63, 3.8) is 0 Å². The molecule has 0 saturated carbocycles. The minimum Gasteiger partial charge on any atom is -0.347 e. The molecule has 1 aromatic heterocycles. The van der Waals surface area contributed by atoms with Gasteiger partial charge in [-0.3, -0.25) is 14.5 Å². The molecular weight excluding hydrogens is 312 g/mol. The Labute approximate surface area is 141 Å². The van der Waals surface area contributed by atoms with Gasteiger partial charge in [-0.1, -0.05) is 0 Å². The van der Waals surface area contributed by atoms with Crippen LogP contribution in [0.15, 0.2) is 5.38 Å². The van der Waals surface area contributed by atoms with E-state index in [4.69, 9.17) is 0 Å². The van der Waals surface area contributed by atoms with Crippen LogP contribution in [-0.4, -0.2) is 71.3 Å². The van der Waals surface area contributed by atoms with Gasteiger partial charge in [0.2, 0.25) is 11.8 Å². The Morgan fingerprint density at radius 3 is 2.83 bits per heavy atom. The number of carbonyl (C=O) groups is 2. The van der Waals surface area contributed by atoms with Crippen molar-refractivity contribution in [1.82, 2.24) is 19.7 Å². The first kappa shape index (κ1) is 16.4. The molecule has 23 heavy (non-hydrogen) atoms. The largest absolute Gasteiger partial charge is 0.347 e. The second-order valence-corrected chi connectivity index (χ2v) is 7.80. The van der Waals surface area contributed by atoms with E-state index in [1.165, 1.54) is 0 Å². The van der Waals surface area contributed by atoms with Crippen molar-refractivity contribution in [1.29, 1.82) is 0 Å². The standard InChI is InChI=1S/C16H24N4O2S/c1-11-17-13(10-23-11)7-19-6-12-4-5-14(8-19)20(16(12)22)9-15(21)18(2)3/h10,12,14H,4-9H2,1-3H3/t12-,14+/m0/s1. The summed E-state index contributed by atoms with van der Waals surface area (Å²) in [4.78, 5) is 34.9. The van der Waals surface area contributed by atoms with Crippen molar-refractivity contribution in [3.05, 3.63) is 16.1 Å². The maximum atomic E-state index is 12.7. The first-order valence-corrected chi connectivity index (χ1v) is 8.96. The van der Waals surface area contributed by atoms with Gasteiger partial charge in [-0.2, -0.15) is 0 Å². The van der Waals surface area contributed by atoms with Gasteiger partial charge < -0.3 is 9.80 Å². The van der Waals surface area contributed by atoms with Crippen molar-refractivity contribution in [2.45, 2.75) is 32.4 Å². The molecule has 0 aliphatic carbocycles. The number of fused-ring (bicyclic) bond motifs is 4. The van der Waals surface area contributed by atoms with Crippen LogP contribution < -0.4 is 0 Å². The lowest BCUT2D eigenvalue weighted by molar-refractivity contribution is -0.145. The summed E-state index contributed by atoms with van der Waals surface area (Å²) in [6, 6.07) is 0.143. The Hall–Kier alpha value is -1.47. The molecule has 0 radical (unpaired) electrons. The number of carbonyl (C=O) groups excluding carboxylic acids is 2. The number of hydrogen-bond donors (Lipinski definition) is 0. The average Bonchev–Trinajstić information content (AvgIpc) is 2.73. The fourth-order valence-electron chi connectivity index (χ4n) is 3.46. The van der Waals surface area contributed by atoms with Crippen LogP contribution >= 0.6 is 11.3 Å². The lowest BCUT2D eigenvalue weighted by Crippen LogP contribution is -2.51. The molecule has 3 saturated heterocycles. The maximum Gasteiger partial charge on any atom is 0.241 e. The molecule has 2 atom stereocenters. The third-order valence-electron chi connectivity index (χ3n) is 4.73. The smallest absolute Gasteiger partial charge is 0.241 e. The van der Waals surface area contributed by atoms with Crippen LogP contribution in [0.2, 0.25) is 0 Å². The third-order valence-corrected chi connectivity index (χ3v) is 5.55. The number of aryl methyl sites for hydroxylation is 1. The lowest BCUT2D eigenvalue weighted by atomic mass is 9.94. The van der Waals surface area contributed by atoms with Gasteiger partial charge in [0.05, 0.1) is 16.6 Å². The second-order valence-electron chi connectivity index (χ2n) is 6.73. The summed E-state index contributed by atoms with van der Waals surface area (Å²) in [5, 5.41) is 3.17. The van der Waals surface area contributed by atoms with Crippen molar-refractivity contribution in [2.75, 3.05) is 33.7 Å². The molecule has 3 aliphatic heterocycles. The summed E-state index contributed by atoms with van der Waals surface area (Å²) in [5.41, 5.74) is 1.08. The Bertz CT molecular complexity index is 601. The van der Waals surface area contributed by atoms with Crippen LogP contribution in [0.25, 0.3) is 0 Å². The first-order valence-electron chi connectivity index (χ1n) is 8.08. The van der Waals surface area contributed by atoms with Crippen molar-refractivity contribution in [3.8, 4) is 0 Å². The topological polar surface area (TPSA) is 56.8 Å². The molecule has 2 amide bonds. The van der Waals surface area contributed by atoms with Crippen LogP contribution in [0.4, 0.5) is 0 Å². The van der Waals surface area contributed by atoms with Crippen molar-refractivity contribution in [2.24, 2.45) is 5.92 Å². The number of piperidine rings is 1. The van der Waals surface area contributed by atoms with E-state index >= 15 is 0 Å². The van der Waals surface area contributed by atoms with Crippen molar-refractivity contribution < 1.29 is 9.59 Å². The van der Waals surface area contributed by atoms with Crippen LogP contribution in [0, 0.1) is 12.8 Å². The number of rotatable bonds is 4. The number of nitrogens with zero attached hydrogens (tertiary/aromatic N) is 4. The Kier molecular flexibility index (Phi) is 4.68. The normalized spacial score (nSPS) is 24.8. The number of aromatic nitrogens is 1. The second kappa shape index (κ2) is 6.57. The van der Waals surface area contributed by atoms with Gasteiger partial charge >= 0.3 is 0 Å². The molecule has 1 aromatic rings. The molecule has 3 aliphatic rings. The quantitative estimate of drug-likeness (QED) is 0.822. The molecule has 7 heteroatoms. The molecule has 4 rings (SSSR count). The number of amides is 2. The molecule has 0 spiro atoms. The predicted molar refractivity (Wildman–Crippen MR) is 89.0 cm³/mol. The van der Waals surface area contributed by atoms with Crippen LogP contribution in [0.3, 0.4) is 0 Å². The molecule has 6 nitrogen and oxygen atoms in total. The van der Waals surface area contributed by atoms with E-state index in [2.05, 4.69) is 15.3 Å². The highest BCUT2D eigenvalue weighted by Crippen LogP contribution is 2.30. The highest BCUT2D eigenvalue weighted by Gasteiger charge is 2.41. The third kappa shape index (κ3) is 3.55. The van der Waals surface area contributed by atoms with Gasteiger partial charge in [0.1, 0.15) is 6.54 Å². The van der Waals surface area contributed by atoms with Gasteiger partial charge in [0, 0.05) is 45.2 Å². The minimum absolute atomic E-state index is 0.00687. The lowest BCUT2D eigenvalue weighted by Gasteiger charge is -2.36. The average molecular weight is 336 g/mol. The van der Waals surface area contributed by atoms with Crippen LogP contribution in [-0.2, 0) is 16.1 Å². The maximum absolute atomic E-state index is 12.7. The fraction of sp³-hybridized carbons (Fsp3) is 0.688. The summed E-state index contributed by atoms with van der Waals surface area (Å²) in [6.45, 7) is 4.62. The summed E-state index contributed by atoms with van der Waals surface area (Å²) in [5.74, 6) is 0.157. The number of likely N-dealkylation sites (N-methyl/N-ethyl adjacent to an activating group) is 1. The molecular formula is C16H24N4O2S. The zero-order chi connectivity index (χ0) is 16.6. The van der Waals surface area contributed by atoms with Gasteiger partial charge in [-0.15, -0.1) is 11.3 Å². The summed E-state index contributed by atoms with van der Waals surface area (Å²) in [7, 11) is 3.47. The fourth-order valence-corrected chi connectivity index (χ4v) is 4.07. The van der Waals surface area contributed by atoms with E-state index in [1.54, 1.807) is 30.3 Å². The van der Waals surface area contributed by atoms with E-state index in [9.17, 15) is 9.59 Å². The number of hydrogen-bond acceptors (Lipinski definition) is 5. The molecule has 3 fully saturated rings. The zero-order valence-corrected chi connectivity index (χ0v) is 14.8. The van der Waals surface area contributed by atoms with E-state index in [0.29, 0.717) is 0 Å². The Morgan fingerprint density at radius 1 is 1.39 bits per heavy atom. The van der Waals surface area contributed by atoms with Gasteiger partial charge in [-0.25, -0.2) is 4.98 Å². The van der Waals surface area contributed by atoms with E-state index < -0.39 is 0 Å². The SMILES string of the molecule is Cc1nc(CN2C[C@@H]3CC[C@H](C2)N(CC(=O)N(C)C)C3=O)cs1. The van der Waals surface area contributed by atoms with Crippen molar-refractivity contribution >= 4 is 23.2 Å². The van der Waals surface area contributed by atoms with Gasteiger partial charge in [-0.05, 0) is 19.8 Å². The molecule has 4 heterocycles. The van der Waals surface area contributed by atoms with E-state index in [1.807, 2.05) is 11.8 Å². The molecule has 0 unspecified atom stereocenters. The first-order chi connectivity index (χ1) is 10.9. The zero-order valence-electron chi connectivity index (χ0n) is 14.0. The molecule has 0 N–H and O–H groups in total. The minimum atomic E-state index is -0.00687.